The second kappa shape index (κ2) is 5.45. The average Bonchev–Trinajstić information content (AvgIpc) is 2.41. The lowest BCUT2D eigenvalue weighted by molar-refractivity contribution is 0.101. The summed E-state index contributed by atoms with van der Waals surface area (Å²) < 4.78 is 1.53. The Bertz CT molecular complexity index is 694. The predicted molar refractivity (Wildman–Crippen MR) is 81.2 cm³/mol. The maximum absolute atomic E-state index is 12.1. The molecule has 0 saturated carbocycles. The molecular formula is C17H19NO2. The maximum Gasteiger partial charge on any atom is 0.261 e. The van der Waals surface area contributed by atoms with E-state index in [4.69, 9.17) is 0 Å². The molecule has 0 aliphatic heterocycles. The number of hydrogen-bond acceptors (Lipinski definition) is 2. The van der Waals surface area contributed by atoms with E-state index in [1.165, 1.54) is 17.1 Å². The number of ketones is 1. The number of Topliss-reactive ketones (excluding diaryl/α,β-unsaturated/α-hetero) is 1. The molecule has 2 rings (SSSR count). The largest absolute Gasteiger partial charge is 0.311 e. The first kappa shape index (κ1) is 14.3. The molecule has 3 heteroatoms. The van der Waals surface area contributed by atoms with Crippen LogP contribution in [0.3, 0.4) is 0 Å². The molecule has 0 N–H and O–H groups in total. The summed E-state index contributed by atoms with van der Waals surface area (Å²) in [4.78, 5) is 23.5. The number of hydrogen-bond donors (Lipinski definition) is 0. The number of nitrogens with zero attached hydrogens (tertiary/aromatic N) is 1. The van der Waals surface area contributed by atoms with Crippen molar-refractivity contribution in [2.24, 2.45) is 7.05 Å². The minimum atomic E-state index is -0.247. The molecule has 0 spiro atoms. The van der Waals surface area contributed by atoms with Gasteiger partial charge in [-0.15, -0.1) is 0 Å². The van der Waals surface area contributed by atoms with Crippen molar-refractivity contribution in [3.05, 3.63) is 57.9 Å². The molecule has 2 aromatic rings. The van der Waals surface area contributed by atoms with Crippen LogP contribution in [0.1, 0.15) is 42.6 Å². The summed E-state index contributed by atoms with van der Waals surface area (Å²) in [6.07, 6.45) is 0. The van der Waals surface area contributed by atoms with Gasteiger partial charge in [0.1, 0.15) is 0 Å². The topological polar surface area (TPSA) is 39.1 Å². The van der Waals surface area contributed by atoms with Crippen molar-refractivity contribution < 1.29 is 4.79 Å². The smallest absolute Gasteiger partial charge is 0.261 e. The lowest BCUT2D eigenvalue weighted by Gasteiger charge is -2.11. The average molecular weight is 269 g/mol. The normalized spacial score (nSPS) is 10.8. The van der Waals surface area contributed by atoms with Crippen LogP contribution < -0.4 is 5.56 Å². The highest BCUT2D eigenvalue weighted by Gasteiger charge is 2.10. The number of benzene rings is 1. The van der Waals surface area contributed by atoms with Crippen molar-refractivity contribution in [2.45, 2.75) is 26.7 Å². The van der Waals surface area contributed by atoms with Gasteiger partial charge in [-0.1, -0.05) is 38.1 Å². The third kappa shape index (κ3) is 2.57. The fraction of sp³-hybridized carbons (Fsp3) is 0.294. The molecule has 20 heavy (non-hydrogen) atoms. The van der Waals surface area contributed by atoms with Crippen LogP contribution in [0.4, 0.5) is 0 Å². The standard InChI is InChI=1S/C17H19NO2/c1-11(2)13-5-7-14(8-6-13)16-10-9-15(12(3)19)17(20)18(16)4/h5-11H,1-4H3. The summed E-state index contributed by atoms with van der Waals surface area (Å²) in [5, 5.41) is 0. The van der Waals surface area contributed by atoms with E-state index in [0.29, 0.717) is 5.92 Å². The van der Waals surface area contributed by atoms with Crippen LogP contribution in [0, 0.1) is 0 Å². The minimum Gasteiger partial charge on any atom is -0.311 e. The van der Waals surface area contributed by atoms with Gasteiger partial charge in [0.05, 0.1) is 11.3 Å². The van der Waals surface area contributed by atoms with Gasteiger partial charge in [-0.3, -0.25) is 9.59 Å². The van der Waals surface area contributed by atoms with Crippen molar-refractivity contribution in [1.29, 1.82) is 0 Å². The van der Waals surface area contributed by atoms with Crippen LogP contribution in [-0.4, -0.2) is 10.4 Å². The number of aromatic nitrogens is 1. The summed E-state index contributed by atoms with van der Waals surface area (Å²) >= 11 is 0. The van der Waals surface area contributed by atoms with Crippen LogP contribution in [0.15, 0.2) is 41.2 Å². The number of rotatable bonds is 3. The third-order valence-corrected chi connectivity index (χ3v) is 3.56. The fourth-order valence-electron chi connectivity index (χ4n) is 2.23. The molecule has 1 heterocycles. The van der Waals surface area contributed by atoms with E-state index in [1.54, 1.807) is 13.1 Å². The number of carbonyl (C=O) groups excluding carboxylic acids is 1. The molecule has 3 nitrogen and oxygen atoms in total. The zero-order chi connectivity index (χ0) is 14.9. The minimum absolute atomic E-state index is 0.202. The quantitative estimate of drug-likeness (QED) is 0.801. The maximum atomic E-state index is 12.1. The highest BCUT2D eigenvalue weighted by atomic mass is 16.1. The number of carbonyl (C=O) groups is 1. The molecule has 0 fully saturated rings. The monoisotopic (exact) mass is 269 g/mol. The summed E-state index contributed by atoms with van der Waals surface area (Å²) in [6.45, 7) is 5.70. The molecule has 0 bridgehead atoms. The summed E-state index contributed by atoms with van der Waals surface area (Å²) in [6, 6.07) is 11.6. The van der Waals surface area contributed by atoms with Gasteiger partial charge in [0.25, 0.3) is 5.56 Å². The van der Waals surface area contributed by atoms with E-state index in [1.807, 2.05) is 18.2 Å². The van der Waals surface area contributed by atoms with E-state index in [9.17, 15) is 9.59 Å². The number of pyridine rings is 1. The van der Waals surface area contributed by atoms with Gasteiger partial charge in [0.15, 0.2) is 5.78 Å². The first-order chi connectivity index (χ1) is 9.41. The van der Waals surface area contributed by atoms with Gasteiger partial charge >= 0.3 is 0 Å². The zero-order valence-electron chi connectivity index (χ0n) is 12.3. The van der Waals surface area contributed by atoms with E-state index in [2.05, 4.69) is 26.0 Å². The van der Waals surface area contributed by atoms with Crippen molar-refractivity contribution in [2.75, 3.05) is 0 Å². The van der Waals surface area contributed by atoms with Crippen LogP contribution in [0.2, 0.25) is 0 Å². The summed E-state index contributed by atoms with van der Waals surface area (Å²) in [5.74, 6) is 0.278. The highest BCUT2D eigenvalue weighted by Crippen LogP contribution is 2.21. The predicted octanol–water partition coefficient (Wildman–Crippen LogP) is 3.38. The van der Waals surface area contributed by atoms with Crippen LogP contribution in [0.25, 0.3) is 11.3 Å². The molecular weight excluding hydrogens is 250 g/mol. The van der Waals surface area contributed by atoms with E-state index >= 15 is 0 Å². The summed E-state index contributed by atoms with van der Waals surface area (Å²) in [7, 11) is 1.69. The molecule has 0 atom stereocenters. The Morgan fingerprint density at radius 3 is 2.15 bits per heavy atom. The van der Waals surface area contributed by atoms with Crippen molar-refractivity contribution in [3.8, 4) is 11.3 Å². The molecule has 1 aromatic heterocycles. The lowest BCUT2D eigenvalue weighted by Crippen LogP contribution is -2.24. The Labute approximate surface area is 118 Å². The Morgan fingerprint density at radius 2 is 1.65 bits per heavy atom. The van der Waals surface area contributed by atoms with Gasteiger partial charge in [0, 0.05) is 7.05 Å². The van der Waals surface area contributed by atoms with Crippen LogP contribution in [-0.2, 0) is 7.05 Å². The second-order valence-electron chi connectivity index (χ2n) is 5.33. The first-order valence-corrected chi connectivity index (χ1v) is 6.73. The fourth-order valence-corrected chi connectivity index (χ4v) is 2.23. The molecule has 0 unspecified atom stereocenters. The molecule has 0 aliphatic carbocycles. The van der Waals surface area contributed by atoms with E-state index in [-0.39, 0.29) is 16.9 Å². The van der Waals surface area contributed by atoms with Gasteiger partial charge in [-0.25, -0.2) is 0 Å². The Morgan fingerprint density at radius 1 is 1.05 bits per heavy atom. The Kier molecular flexibility index (Phi) is 3.89. The molecule has 0 amide bonds. The molecule has 0 aliphatic rings. The van der Waals surface area contributed by atoms with Crippen LogP contribution in [0.5, 0.6) is 0 Å². The van der Waals surface area contributed by atoms with Gasteiger partial charge in [-0.2, -0.15) is 0 Å². The second-order valence-corrected chi connectivity index (χ2v) is 5.33. The SMILES string of the molecule is CC(=O)c1ccc(-c2ccc(C(C)C)cc2)n(C)c1=O. The molecule has 104 valence electrons. The van der Waals surface area contributed by atoms with Gasteiger partial charge < -0.3 is 4.57 Å². The van der Waals surface area contributed by atoms with Gasteiger partial charge in [-0.05, 0) is 36.1 Å². The first-order valence-electron chi connectivity index (χ1n) is 6.73. The lowest BCUT2D eigenvalue weighted by atomic mass is 10.0. The van der Waals surface area contributed by atoms with E-state index in [0.717, 1.165) is 11.3 Å². The van der Waals surface area contributed by atoms with Crippen LogP contribution >= 0.6 is 0 Å². The summed E-state index contributed by atoms with van der Waals surface area (Å²) in [5.41, 5.74) is 3.04. The Balaban J connectivity index is 2.51. The van der Waals surface area contributed by atoms with Gasteiger partial charge in [0.2, 0.25) is 0 Å². The highest BCUT2D eigenvalue weighted by molar-refractivity contribution is 5.93. The third-order valence-electron chi connectivity index (χ3n) is 3.56. The molecule has 1 aromatic carbocycles. The molecule has 0 radical (unpaired) electrons. The molecule has 0 saturated heterocycles. The van der Waals surface area contributed by atoms with Crippen molar-refractivity contribution >= 4 is 5.78 Å². The van der Waals surface area contributed by atoms with E-state index < -0.39 is 0 Å². The zero-order valence-corrected chi connectivity index (χ0v) is 12.3. The van der Waals surface area contributed by atoms with Crippen molar-refractivity contribution in [1.82, 2.24) is 4.57 Å². The van der Waals surface area contributed by atoms with Crippen molar-refractivity contribution in [3.63, 3.8) is 0 Å². The Hall–Kier alpha value is -2.16.